The molecule has 0 aliphatic rings. The van der Waals surface area contributed by atoms with Crippen molar-refractivity contribution in [2.45, 2.75) is 107 Å². The van der Waals surface area contributed by atoms with Crippen LogP contribution in [0.15, 0.2) is 30.3 Å². The largest absolute Gasteiger partial charge is 0.288 e. The molecule has 3 heteroatoms. The average Bonchev–Trinajstić information content (AvgIpc) is 2.77. The molecule has 1 aromatic carbocycles. The van der Waals surface area contributed by atoms with Crippen molar-refractivity contribution in [3.63, 3.8) is 0 Å². The van der Waals surface area contributed by atoms with Crippen molar-refractivity contribution in [3.8, 4) is 12.3 Å². The lowest BCUT2D eigenvalue weighted by Crippen LogP contribution is -2.59. The van der Waals surface area contributed by atoms with Crippen LogP contribution in [0.1, 0.15) is 96.5 Å². The van der Waals surface area contributed by atoms with Gasteiger partial charge in [-0.15, -0.1) is 6.42 Å². The molecule has 0 aliphatic carbocycles. The van der Waals surface area contributed by atoms with Gasteiger partial charge in [-0.05, 0) is 37.2 Å². The lowest BCUT2D eigenvalue weighted by atomic mass is 10.1. The Morgan fingerprint density at radius 1 is 0.833 bits per heavy atom. The number of hydrogen-bond acceptors (Lipinski definition) is 0. The Kier molecular flexibility index (Phi) is 16.1. The molecule has 0 saturated heterocycles. The van der Waals surface area contributed by atoms with Crippen molar-refractivity contribution in [3.05, 3.63) is 35.9 Å². The molecule has 0 aliphatic heterocycles. The summed E-state index contributed by atoms with van der Waals surface area (Å²) >= 11 is 9.69. The van der Waals surface area contributed by atoms with Crippen LogP contribution in [-0.2, 0) is 6.42 Å². The second-order valence-electron chi connectivity index (χ2n) is 8.71. The molecule has 2 atom stereocenters. The SMILES string of the molecule is C#CC(I)[N+](CCCCCCCC)(CCCCCCCC)C(Cl)Cc1ccccc1. The molecule has 0 N–H and O–H groups in total. The standard InChI is InChI=1S/C27H44ClIN/c1-4-7-9-11-13-18-22-30(27(29)6-3,23-19-14-12-10-8-5-2)26(28)24-25-20-16-15-17-21-25/h3,15-17,20-21,26-27H,4-5,7-14,18-19,22-24H2,1-2H3/q+1. The summed E-state index contributed by atoms with van der Waals surface area (Å²) in [5, 5.41) is 0. The Hall–Kier alpha value is -0.240. The van der Waals surface area contributed by atoms with E-state index in [-0.39, 0.29) is 9.55 Å². The van der Waals surface area contributed by atoms with Crippen molar-refractivity contribution in [2.24, 2.45) is 0 Å². The van der Waals surface area contributed by atoms with Gasteiger partial charge in [-0.2, -0.15) is 0 Å². The van der Waals surface area contributed by atoms with Gasteiger partial charge in [-0.3, -0.25) is 4.48 Å². The second kappa shape index (κ2) is 17.3. The minimum Gasteiger partial charge on any atom is -0.288 e. The minimum atomic E-state index is 0.0247. The van der Waals surface area contributed by atoms with Crippen LogP contribution in [0.5, 0.6) is 0 Å². The topological polar surface area (TPSA) is 0 Å². The maximum atomic E-state index is 7.21. The van der Waals surface area contributed by atoms with Gasteiger partial charge >= 0.3 is 0 Å². The molecule has 1 aromatic rings. The molecule has 1 rings (SSSR count). The number of unbranched alkanes of at least 4 members (excludes halogenated alkanes) is 10. The maximum absolute atomic E-state index is 7.21. The first-order valence-electron chi connectivity index (χ1n) is 12.2. The van der Waals surface area contributed by atoms with Crippen LogP contribution in [-0.4, -0.2) is 27.1 Å². The first-order valence-corrected chi connectivity index (χ1v) is 13.9. The summed E-state index contributed by atoms with van der Waals surface area (Å²) < 4.78 is 0.981. The van der Waals surface area contributed by atoms with Crippen LogP contribution in [0.25, 0.3) is 0 Å². The zero-order chi connectivity index (χ0) is 22.1. The quantitative estimate of drug-likeness (QED) is 0.0433. The van der Waals surface area contributed by atoms with E-state index in [1.807, 2.05) is 0 Å². The third-order valence-electron chi connectivity index (χ3n) is 6.25. The van der Waals surface area contributed by atoms with Crippen molar-refractivity contribution < 1.29 is 4.48 Å². The van der Waals surface area contributed by atoms with E-state index in [9.17, 15) is 0 Å². The molecular formula is C27H44ClIN+. The second-order valence-corrected chi connectivity index (χ2v) is 10.4. The molecule has 0 fully saturated rings. The van der Waals surface area contributed by atoms with E-state index in [4.69, 9.17) is 18.0 Å². The molecule has 170 valence electrons. The third-order valence-corrected chi connectivity index (χ3v) is 8.26. The van der Waals surface area contributed by atoms with Crippen LogP contribution < -0.4 is 0 Å². The smallest absolute Gasteiger partial charge is 0.201 e. The summed E-state index contributed by atoms with van der Waals surface area (Å²) in [7, 11) is 0. The molecule has 0 heterocycles. The highest BCUT2D eigenvalue weighted by atomic mass is 127. The van der Waals surface area contributed by atoms with E-state index in [1.54, 1.807) is 0 Å². The van der Waals surface area contributed by atoms with E-state index in [1.165, 1.54) is 82.6 Å². The first kappa shape index (κ1) is 27.8. The number of hydrogen-bond donors (Lipinski definition) is 0. The average molecular weight is 545 g/mol. The monoisotopic (exact) mass is 544 g/mol. The summed E-state index contributed by atoms with van der Waals surface area (Å²) in [6, 6.07) is 10.7. The van der Waals surface area contributed by atoms with E-state index >= 15 is 0 Å². The zero-order valence-electron chi connectivity index (χ0n) is 19.4. The van der Waals surface area contributed by atoms with Crippen LogP contribution in [0, 0.1) is 12.3 Å². The van der Waals surface area contributed by atoms with Gasteiger partial charge in [-0.1, -0.05) is 107 Å². The van der Waals surface area contributed by atoms with E-state index in [0.29, 0.717) is 0 Å². The number of quaternary nitrogens is 1. The lowest BCUT2D eigenvalue weighted by Gasteiger charge is -2.44. The summed E-state index contributed by atoms with van der Waals surface area (Å²) in [6.45, 7) is 6.75. The molecule has 0 aromatic heterocycles. The van der Waals surface area contributed by atoms with Crippen LogP contribution in [0.3, 0.4) is 0 Å². The first-order chi connectivity index (χ1) is 14.6. The predicted octanol–water partition coefficient (Wildman–Crippen LogP) is 8.73. The number of halogens is 2. The van der Waals surface area contributed by atoms with Gasteiger partial charge in [0.2, 0.25) is 4.05 Å². The van der Waals surface area contributed by atoms with Crippen molar-refractivity contribution >= 4 is 34.2 Å². The Morgan fingerprint density at radius 3 is 1.77 bits per heavy atom. The predicted molar refractivity (Wildman–Crippen MR) is 143 cm³/mol. The molecule has 1 nitrogen and oxygen atoms in total. The molecule has 0 amide bonds. The summed E-state index contributed by atoms with van der Waals surface area (Å²) in [5.41, 5.74) is 1.34. The maximum Gasteiger partial charge on any atom is 0.201 e. The van der Waals surface area contributed by atoms with Crippen molar-refractivity contribution in [2.75, 3.05) is 13.1 Å². The van der Waals surface area contributed by atoms with E-state index in [0.717, 1.165) is 24.0 Å². The molecular weight excluding hydrogens is 501 g/mol. The van der Waals surface area contributed by atoms with Gasteiger partial charge in [0.05, 0.1) is 13.1 Å². The zero-order valence-corrected chi connectivity index (χ0v) is 22.3. The Bertz CT molecular complexity index is 552. The molecule has 0 radical (unpaired) electrons. The highest BCUT2D eigenvalue weighted by Gasteiger charge is 2.40. The number of alkyl halides is 2. The minimum absolute atomic E-state index is 0.0247. The number of rotatable bonds is 18. The number of terminal acetylenes is 1. The van der Waals surface area contributed by atoms with Crippen LogP contribution >= 0.6 is 34.2 Å². The van der Waals surface area contributed by atoms with Crippen molar-refractivity contribution in [1.82, 2.24) is 0 Å². The molecule has 30 heavy (non-hydrogen) atoms. The number of nitrogens with zero attached hydrogens (tertiary/aromatic N) is 1. The molecule has 2 unspecified atom stereocenters. The summed E-state index contributed by atoms with van der Waals surface area (Å²) in [4.78, 5) is 0. The van der Waals surface area contributed by atoms with Gasteiger partial charge in [0.25, 0.3) is 0 Å². The van der Waals surface area contributed by atoms with E-state index < -0.39 is 0 Å². The molecule has 0 saturated carbocycles. The fourth-order valence-corrected chi connectivity index (χ4v) is 5.89. The number of benzene rings is 1. The third kappa shape index (κ3) is 10.4. The van der Waals surface area contributed by atoms with Gasteiger partial charge in [-0.25, -0.2) is 0 Å². The van der Waals surface area contributed by atoms with Gasteiger partial charge in [0, 0.05) is 29.0 Å². The molecule has 0 spiro atoms. The fraction of sp³-hybridized carbons (Fsp3) is 0.704. The van der Waals surface area contributed by atoms with Crippen LogP contribution in [0.4, 0.5) is 0 Å². The lowest BCUT2D eigenvalue weighted by molar-refractivity contribution is -0.938. The molecule has 0 bridgehead atoms. The highest BCUT2D eigenvalue weighted by Crippen LogP contribution is 2.31. The van der Waals surface area contributed by atoms with Gasteiger partial charge < -0.3 is 0 Å². The Morgan fingerprint density at radius 2 is 1.30 bits per heavy atom. The normalized spacial score (nSPS) is 13.7. The van der Waals surface area contributed by atoms with Crippen molar-refractivity contribution in [1.29, 1.82) is 0 Å². The fourth-order valence-electron chi connectivity index (χ4n) is 4.27. The van der Waals surface area contributed by atoms with Gasteiger partial charge in [0.1, 0.15) is 0 Å². The summed E-state index contributed by atoms with van der Waals surface area (Å²) in [6.07, 6.45) is 22.6. The van der Waals surface area contributed by atoms with Crippen LogP contribution in [0.2, 0.25) is 0 Å². The van der Waals surface area contributed by atoms with E-state index in [2.05, 4.69) is 72.7 Å². The summed E-state index contributed by atoms with van der Waals surface area (Å²) in [5.74, 6) is 3.07. The Balaban J connectivity index is 2.82. The Labute approximate surface area is 206 Å². The highest BCUT2D eigenvalue weighted by molar-refractivity contribution is 14.1. The van der Waals surface area contributed by atoms with Gasteiger partial charge in [0.15, 0.2) is 5.50 Å².